The molecule has 1 aliphatic carbocycles. The van der Waals surface area contributed by atoms with Gasteiger partial charge in [0, 0.05) is 17.7 Å². The topological polar surface area (TPSA) is 59.0 Å². The molecule has 1 fully saturated rings. The molecule has 128 valence electrons. The Labute approximate surface area is 145 Å². The predicted octanol–water partition coefficient (Wildman–Crippen LogP) is 2.80. The predicted molar refractivity (Wildman–Crippen MR) is 91.7 cm³/mol. The molecule has 5 rings (SSSR count). The van der Waals surface area contributed by atoms with Gasteiger partial charge in [0.25, 0.3) is 5.91 Å². The van der Waals surface area contributed by atoms with E-state index in [0.717, 1.165) is 18.0 Å². The molecular formula is C20H19NO4. The van der Waals surface area contributed by atoms with E-state index in [9.17, 15) is 9.90 Å². The Kier molecular flexibility index (Phi) is 3.09. The van der Waals surface area contributed by atoms with Crippen LogP contribution < -0.4 is 14.4 Å². The van der Waals surface area contributed by atoms with Crippen LogP contribution in [0.15, 0.2) is 42.5 Å². The van der Waals surface area contributed by atoms with Gasteiger partial charge in [-0.1, -0.05) is 37.1 Å². The van der Waals surface area contributed by atoms with Crippen molar-refractivity contribution < 1.29 is 19.4 Å². The summed E-state index contributed by atoms with van der Waals surface area (Å²) in [6.07, 6.45) is 3.48. The maximum absolute atomic E-state index is 13.2. The van der Waals surface area contributed by atoms with E-state index in [1.165, 1.54) is 12.8 Å². The summed E-state index contributed by atoms with van der Waals surface area (Å²) in [5.74, 6) is 1.64. The van der Waals surface area contributed by atoms with E-state index in [4.69, 9.17) is 9.47 Å². The molecule has 1 saturated carbocycles. The SMILES string of the molecule is O=C1N(CCC2CC2)c2ccccc2C1(O)c1ccc2c(c1)OCO2. The normalized spacial score (nSPS) is 23.9. The van der Waals surface area contributed by atoms with Crippen LogP contribution in [0.5, 0.6) is 11.5 Å². The molecule has 0 spiro atoms. The number of carbonyl (C=O) groups is 1. The second-order valence-electron chi connectivity index (χ2n) is 6.98. The number of para-hydroxylation sites is 1. The summed E-state index contributed by atoms with van der Waals surface area (Å²) in [5, 5.41) is 11.5. The Morgan fingerprint density at radius 1 is 1.12 bits per heavy atom. The highest BCUT2D eigenvalue weighted by Gasteiger charge is 2.51. The van der Waals surface area contributed by atoms with Crippen molar-refractivity contribution in [3.05, 3.63) is 53.6 Å². The number of hydrogen-bond acceptors (Lipinski definition) is 4. The number of amides is 1. The zero-order chi connectivity index (χ0) is 17.0. The monoisotopic (exact) mass is 337 g/mol. The smallest absolute Gasteiger partial charge is 0.268 e. The van der Waals surface area contributed by atoms with E-state index in [2.05, 4.69) is 0 Å². The minimum atomic E-state index is -1.68. The number of fused-ring (bicyclic) bond motifs is 2. The third-order valence-corrected chi connectivity index (χ3v) is 5.39. The number of rotatable bonds is 4. The van der Waals surface area contributed by atoms with E-state index in [1.807, 2.05) is 24.3 Å². The Hall–Kier alpha value is -2.53. The maximum atomic E-state index is 13.2. The van der Waals surface area contributed by atoms with Crippen molar-refractivity contribution in [3.63, 3.8) is 0 Å². The molecule has 0 radical (unpaired) electrons. The molecule has 0 aromatic heterocycles. The number of nitrogens with zero attached hydrogens (tertiary/aromatic N) is 1. The Bertz CT molecular complexity index is 861. The molecule has 1 atom stereocenters. The number of anilines is 1. The van der Waals surface area contributed by atoms with Crippen LogP contribution in [0.25, 0.3) is 0 Å². The van der Waals surface area contributed by atoms with Crippen molar-refractivity contribution >= 4 is 11.6 Å². The number of benzene rings is 2. The summed E-state index contributed by atoms with van der Waals surface area (Å²) in [4.78, 5) is 15.0. The zero-order valence-corrected chi connectivity index (χ0v) is 13.8. The maximum Gasteiger partial charge on any atom is 0.268 e. The number of ether oxygens (including phenoxy) is 2. The third-order valence-electron chi connectivity index (χ3n) is 5.39. The largest absolute Gasteiger partial charge is 0.454 e. The molecule has 1 N–H and O–H groups in total. The average Bonchev–Trinajstić information content (AvgIpc) is 3.30. The molecule has 2 heterocycles. The molecule has 25 heavy (non-hydrogen) atoms. The molecule has 5 nitrogen and oxygen atoms in total. The summed E-state index contributed by atoms with van der Waals surface area (Å²) in [5.41, 5.74) is 0.271. The summed E-state index contributed by atoms with van der Waals surface area (Å²) in [7, 11) is 0. The average molecular weight is 337 g/mol. The van der Waals surface area contributed by atoms with Gasteiger partial charge in [-0.25, -0.2) is 0 Å². The first kappa shape index (κ1) is 14.8. The fraction of sp³-hybridized carbons (Fsp3) is 0.350. The van der Waals surface area contributed by atoms with E-state index >= 15 is 0 Å². The molecule has 3 aliphatic rings. The molecule has 2 aliphatic heterocycles. The fourth-order valence-electron chi connectivity index (χ4n) is 3.78. The number of hydrogen-bond donors (Lipinski definition) is 1. The number of aliphatic hydroxyl groups is 1. The minimum Gasteiger partial charge on any atom is -0.454 e. The van der Waals surface area contributed by atoms with Crippen molar-refractivity contribution in [2.75, 3.05) is 18.2 Å². The Morgan fingerprint density at radius 3 is 2.76 bits per heavy atom. The van der Waals surface area contributed by atoms with Crippen LogP contribution in [-0.2, 0) is 10.4 Å². The molecule has 0 bridgehead atoms. The summed E-state index contributed by atoms with van der Waals surface area (Å²) < 4.78 is 10.8. The van der Waals surface area contributed by atoms with Gasteiger partial charge in [-0.05, 0) is 30.5 Å². The first-order valence-electron chi connectivity index (χ1n) is 8.72. The van der Waals surface area contributed by atoms with E-state index in [-0.39, 0.29) is 12.7 Å². The number of carbonyl (C=O) groups excluding carboxylic acids is 1. The van der Waals surface area contributed by atoms with Crippen LogP contribution >= 0.6 is 0 Å². The van der Waals surface area contributed by atoms with Crippen LogP contribution in [0.3, 0.4) is 0 Å². The summed E-state index contributed by atoms with van der Waals surface area (Å²) in [6, 6.07) is 12.7. The second-order valence-corrected chi connectivity index (χ2v) is 6.98. The quantitative estimate of drug-likeness (QED) is 0.932. The minimum absolute atomic E-state index is 0.162. The molecule has 2 aromatic rings. The van der Waals surface area contributed by atoms with Crippen LogP contribution in [0, 0.1) is 5.92 Å². The molecule has 0 saturated heterocycles. The lowest BCUT2D eigenvalue weighted by atomic mass is 9.87. The van der Waals surface area contributed by atoms with Gasteiger partial charge >= 0.3 is 0 Å². The summed E-state index contributed by atoms with van der Waals surface area (Å²) in [6.45, 7) is 0.808. The van der Waals surface area contributed by atoms with Gasteiger partial charge in [0.15, 0.2) is 17.1 Å². The summed E-state index contributed by atoms with van der Waals surface area (Å²) >= 11 is 0. The lowest BCUT2D eigenvalue weighted by Gasteiger charge is -2.24. The molecule has 1 amide bonds. The molecule has 2 aromatic carbocycles. The third kappa shape index (κ3) is 2.15. The molecule has 1 unspecified atom stereocenters. The van der Waals surface area contributed by atoms with Gasteiger partial charge in [-0.15, -0.1) is 0 Å². The Balaban J connectivity index is 1.58. The van der Waals surface area contributed by atoms with E-state index in [1.54, 1.807) is 23.1 Å². The van der Waals surface area contributed by atoms with Gasteiger partial charge in [0.05, 0.1) is 5.69 Å². The lowest BCUT2D eigenvalue weighted by molar-refractivity contribution is -0.132. The Morgan fingerprint density at radius 2 is 1.92 bits per heavy atom. The van der Waals surface area contributed by atoms with Gasteiger partial charge < -0.3 is 19.5 Å². The first-order valence-corrected chi connectivity index (χ1v) is 8.72. The van der Waals surface area contributed by atoms with Gasteiger partial charge in [0.2, 0.25) is 6.79 Å². The van der Waals surface area contributed by atoms with Crippen LogP contribution in [0.4, 0.5) is 5.69 Å². The zero-order valence-electron chi connectivity index (χ0n) is 13.8. The van der Waals surface area contributed by atoms with Crippen LogP contribution in [0.2, 0.25) is 0 Å². The molecular weight excluding hydrogens is 318 g/mol. The van der Waals surface area contributed by atoms with Gasteiger partial charge in [0.1, 0.15) is 0 Å². The van der Waals surface area contributed by atoms with Crippen molar-refractivity contribution in [2.45, 2.75) is 24.9 Å². The van der Waals surface area contributed by atoms with Gasteiger partial charge in [-0.3, -0.25) is 4.79 Å². The van der Waals surface area contributed by atoms with Crippen molar-refractivity contribution in [2.24, 2.45) is 5.92 Å². The van der Waals surface area contributed by atoms with Crippen LogP contribution in [-0.4, -0.2) is 24.4 Å². The van der Waals surface area contributed by atoms with Crippen molar-refractivity contribution in [1.82, 2.24) is 0 Å². The van der Waals surface area contributed by atoms with Crippen molar-refractivity contribution in [1.29, 1.82) is 0 Å². The van der Waals surface area contributed by atoms with E-state index in [0.29, 0.717) is 29.2 Å². The van der Waals surface area contributed by atoms with E-state index < -0.39 is 5.60 Å². The standard InChI is InChI=1S/C20H19NO4/c22-19-20(23,14-7-8-17-18(11-14)25-12-24-17)15-3-1-2-4-16(15)21(19)10-9-13-5-6-13/h1-4,7-8,11,13,23H,5-6,9-10,12H2. The highest BCUT2D eigenvalue weighted by molar-refractivity contribution is 6.09. The first-order chi connectivity index (χ1) is 12.2. The lowest BCUT2D eigenvalue weighted by Crippen LogP contribution is -2.41. The second kappa shape index (κ2) is 5.23. The highest BCUT2D eigenvalue weighted by Crippen LogP contribution is 2.47. The fourth-order valence-corrected chi connectivity index (χ4v) is 3.78. The van der Waals surface area contributed by atoms with Crippen molar-refractivity contribution in [3.8, 4) is 11.5 Å². The molecule has 5 heteroatoms. The highest BCUT2D eigenvalue weighted by atomic mass is 16.7. The van der Waals surface area contributed by atoms with Crippen LogP contribution in [0.1, 0.15) is 30.4 Å². The van der Waals surface area contributed by atoms with Gasteiger partial charge in [-0.2, -0.15) is 0 Å².